The molecule has 102 valence electrons. The highest BCUT2D eigenvalue weighted by Gasteiger charge is 2.19. The van der Waals surface area contributed by atoms with Gasteiger partial charge in [-0.15, -0.1) is 10.2 Å². The van der Waals surface area contributed by atoms with Gasteiger partial charge in [0.1, 0.15) is 11.3 Å². The number of benzene rings is 1. The molecule has 2 atom stereocenters. The van der Waals surface area contributed by atoms with Gasteiger partial charge in [0.05, 0.1) is 7.11 Å². The minimum Gasteiger partial charge on any atom is -0.497 e. The third-order valence-electron chi connectivity index (χ3n) is 2.88. The Hall–Kier alpha value is -1.11. The second kappa shape index (κ2) is 6.88. The molecular weight excluding hydrogens is 278 g/mol. The number of hydrogen-bond acceptors (Lipinski definition) is 6. The monoisotopic (exact) mass is 295 g/mol. The van der Waals surface area contributed by atoms with Crippen molar-refractivity contribution in [3.05, 3.63) is 35.3 Å². The smallest absolute Gasteiger partial charge is 0.174 e. The summed E-state index contributed by atoms with van der Waals surface area (Å²) in [6.07, 6.45) is 0. The van der Waals surface area contributed by atoms with E-state index in [1.54, 1.807) is 35.7 Å². The van der Waals surface area contributed by atoms with E-state index in [9.17, 15) is 0 Å². The summed E-state index contributed by atoms with van der Waals surface area (Å²) in [5, 5.41) is 11.7. The van der Waals surface area contributed by atoms with E-state index < -0.39 is 0 Å². The van der Waals surface area contributed by atoms with E-state index in [0.717, 1.165) is 10.1 Å². The largest absolute Gasteiger partial charge is 0.497 e. The minimum atomic E-state index is 0.264. The maximum absolute atomic E-state index is 5.19. The van der Waals surface area contributed by atoms with Gasteiger partial charge in [-0.1, -0.05) is 42.2 Å². The summed E-state index contributed by atoms with van der Waals surface area (Å²) < 4.78 is 6.19. The van der Waals surface area contributed by atoms with Crippen LogP contribution < -0.4 is 10.1 Å². The fourth-order valence-electron chi connectivity index (χ4n) is 1.92. The normalized spacial score (nSPS) is 14.1. The van der Waals surface area contributed by atoms with E-state index in [1.807, 2.05) is 19.2 Å². The van der Waals surface area contributed by atoms with Crippen molar-refractivity contribution in [2.24, 2.45) is 0 Å². The standard InChI is InChI=1S/C13H17N3OS2/c1-9(19-13-16-15-8-18-13)12(14-2)10-4-6-11(17-3)7-5-10/h4-9,12,14H,1-3H3. The van der Waals surface area contributed by atoms with E-state index in [4.69, 9.17) is 4.74 Å². The number of methoxy groups -OCH3 is 1. The predicted molar refractivity (Wildman–Crippen MR) is 80.0 cm³/mol. The fourth-order valence-corrected chi connectivity index (χ4v) is 3.85. The Labute approximate surface area is 121 Å². The van der Waals surface area contributed by atoms with Crippen molar-refractivity contribution in [2.45, 2.75) is 22.6 Å². The van der Waals surface area contributed by atoms with Gasteiger partial charge in [-0.25, -0.2) is 0 Å². The van der Waals surface area contributed by atoms with Crippen molar-refractivity contribution in [3.8, 4) is 5.75 Å². The van der Waals surface area contributed by atoms with Crippen LogP contribution in [-0.4, -0.2) is 29.6 Å². The van der Waals surface area contributed by atoms with Crippen molar-refractivity contribution in [3.63, 3.8) is 0 Å². The van der Waals surface area contributed by atoms with Crippen LogP contribution in [0.15, 0.2) is 34.1 Å². The predicted octanol–water partition coefficient (Wildman–Crippen LogP) is 2.99. The second-order valence-electron chi connectivity index (χ2n) is 4.07. The third-order valence-corrected chi connectivity index (χ3v) is 4.87. The highest BCUT2D eigenvalue weighted by atomic mass is 32.2. The first-order chi connectivity index (χ1) is 9.24. The molecule has 0 aliphatic heterocycles. The second-order valence-corrected chi connectivity index (χ2v) is 6.52. The van der Waals surface area contributed by atoms with Gasteiger partial charge in [-0.05, 0) is 24.7 Å². The number of ether oxygens (including phenoxy) is 1. The van der Waals surface area contributed by atoms with Gasteiger partial charge in [-0.2, -0.15) is 0 Å². The summed E-state index contributed by atoms with van der Waals surface area (Å²) in [6, 6.07) is 8.43. The van der Waals surface area contributed by atoms with Gasteiger partial charge < -0.3 is 10.1 Å². The lowest BCUT2D eigenvalue weighted by Crippen LogP contribution is -2.25. The molecule has 2 rings (SSSR count). The molecule has 0 amide bonds. The Morgan fingerprint density at radius 2 is 2.05 bits per heavy atom. The average Bonchev–Trinajstić information content (AvgIpc) is 2.93. The van der Waals surface area contributed by atoms with E-state index >= 15 is 0 Å². The molecule has 0 aliphatic rings. The topological polar surface area (TPSA) is 47.0 Å². The number of aromatic nitrogens is 2. The van der Waals surface area contributed by atoms with Crippen LogP contribution >= 0.6 is 23.1 Å². The highest BCUT2D eigenvalue weighted by molar-refractivity contribution is 8.01. The molecule has 1 aromatic carbocycles. The Kier molecular flexibility index (Phi) is 5.18. The van der Waals surface area contributed by atoms with Crippen molar-refractivity contribution in [1.29, 1.82) is 0 Å². The lowest BCUT2D eigenvalue weighted by molar-refractivity contribution is 0.414. The van der Waals surface area contributed by atoms with E-state index in [2.05, 4.69) is 34.6 Å². The first-order valence-electron chi connectivity index (χ1n) is 5.98. The summed E-state index contributed by atoms with van der Waals surface area (Å²) in [5.74, 6) is 0.878. The number of nitrogens with zero attached hydrogens (tertiary/aromatic N) is 2. The van der Waals surface area contributed by atoms with Gasteiger partial charge in [0, 0.05) is 11.3 Å². The van der Waals surface area contributed by atoms with E-state index in [-0.39, 0.29) is 6.04 Å². The molecule has 0 bridgehead atoms. The van der Waals surface area contributed by atoms with Gasteiger partial charge >= 0.3 is 0 Å². The van der Waals surface area contributed by atoms with E-state index in [1.165, 1.54) is 5.56 Å². The molecule has 19 heavy (non-hydrogen) atoms. The summed E-state index contributed by atoms with van der Waals surface area (Å²) in [4.78, 5) is 0. The molecule has 1 aromatic heterocycles. The van der Waals surface area contributed by atoms with Crippen LogP contribution in [0.4, 0.5) is 0 Å². The molecular formula is C13H17N3OS2. The molecule has 4 nitrogen and oxygen atoms in total. The maximum Gasteiger partial charge on any atom is 0.174 e. The van der Waals surface area contributed by atoms with E-state index in [0.29, 0.717) is 5.25 Å². The SMILES string of the molecule is CNC(c1ccc(OC)cc1)C(C)Sc1nncs1. The summed E-state index contributed by atoms with van der Waals surface area (Å²) >= 11 is 3.31. The molecule has 6 heteroatoms. The molecule has 0 saturated carbocycles. The zero-order valence-electron chi connectivity index (χ0n) is 11.2. The minimum absolute atomic E-state index is 0.264. The Morgan fingerprint density at radius 1 is 1.32 bits per heavy atom. The van der Waals surface area contributed by atoms with Gasteiger partial charge in [0.15, 0.2) is 4.34 Å². The van der Waals surface area contributed by atoms with Crippen LogP contribution in [0.5, 0.6) is 5.75 Å². The lowest BCUT2D eigenvalue weighted by Gasteiger charge is -2.22. The van der Waals surface area contributed by atoms with Crippen molar-refractivity contribution >= 4 is 23.1 Å². The van der Waals surface area contributed by atoms with Gasteiger partial charge in [-0.3, -0.25) is 0 Å². The number of rotatable bonds is 6. The van der Waals surface area contributed by atoms with Crippen LogP contribution in [0.2, 0.25) is 0 Å². The van der Waals surface area contributed by atoms with Crippen LogP contribution in [0.25, 0.3) is 0 Å². The Bertz CT molecular complexity index is 487. The van der Waals surface area contributed by atoms with Gasteiger partial charge in [0.25, 0.3) is 0 Å². The molecule has 0 fully saturated rings. The number of nitrogens with one attached hydrogen (secondary N) is 1. The van der Waals surface area contributed by atoms with Gasteiger partial charge in [0.2, 0.25) is 0 Å². The molecule has 0 aliphatic carbocycles. The third kappa shape index (κ3) is 3.68. The summed E-state index contributed by atoms with van der Waals surface area (Å²) in [5.41, 5.74) is 3.00. The molecule has 2 unspecified atom stereocenters. The molecule has 0 spiro atoms. The molecule has 0 saturated heterocycles. The average molecular weight is 295 g/mol. The fraction of sp³-hybridized carbons (Fsp3) is 0.385. The van der Waals surface area contributed by atoms with Crippen LogP contribution in [0.1, 0.15) is 18.5 Å². The zero-order valence-corrected chi connectivity index (χ0v) is 12.8. The molecule has 0 radical (unpaired) electrons. The first kappa shape index (κ1) is 14.3. The van der Waals surface area contributed by atoms with Crippen molar-refractivity contribution in [2.75, 3.05) is 14.2 Å². The summed E-state index contributed by atoms with van der Waals surface area (Å²) in [6.45, 7) is 2.19. The maximum atomic E-state index is 5.19. The first-order valence-corrected chi connectivity index (χ1v) is 7.74. The van der Waals surface area contributed by atoms with Crippen molar-refractivity contribution < 1.29 is 4.74 Å². The zero-order chi connectivity index (χ0) is 13.7. The summed E-state index contributed by atoms with van der Waals surface area (Å²) in [7, 11) is 3.66. The van der Waals surface area contributed by atoms with Crippen LogP contribution in [0.3, 0.4) is 0 Å². The van der Waals surface area contributed by atoms with Crippen molar-refractivity contribution in [1.82, 2.24) is 15.5 Å². The Morgan fingerprint density at radius 3 is 2.58 bits per heavy atom. The number of hydrogen-bond donors (Lipinski definition) is 1. The van der Waals surface area contributed by atoms with Crippen LogP contribution in [-0.2, 0) is 0 Å². The Balaban J connectivity index is 2.09. The quantitative estimate of drug-likeness (QED) is 0.830. The molecule has 1 N–H and O–H groups in total. The molecule has 2 aromatic rings. The van der Waals surface area contributed by atoms with Crippen LogP contribution in [0, 0.1) is 0 Å². The number of thioether (sulfide) groups is 1. The molecule has 1 heterocycles. The lowest BCUT2D eigenvalue weighted by atomic mass is 10.0. The highest BCUT2D eigenvalue weighted by Crippen LogP contribution is 2.32.